The van der Waals surface area contributed by atoms with Gasteiger partial charge in [-0.1, -0.05) is 43.6 Å². The van der Waals surface area contributed by atoms with Crippen molar-refractivity contribution in [1.82, 2.24) is 0 Å². The molecule has 23 heavy (non-hydrogen) atoms. The van der Waals surface area contributed by atoms with E-state index >= 15 is 0 Å². The second kappa shape index (κ2) is 7.24. The molecular weight excluding hydrogens is 316 g/mol. The Morgan fingerprint density at radius 3 is 2.39 bits per heavy atom. The molecule has 0 bridgehead atoms. The van der Waals surface area contributed by atoms with E-state index in [1.165, 1.54) is 12.1 Å². The van der Waals surface area contributed by atoms with Gasteiger partial charge in [0.2, 0.25) is 5.91 Å². The Hall–Kier alpha value is -2.40. The quantitative estimate of drug-likeness (QED) is 0.641. The summed E-state index contributed by atoms with van der Waals surface area (Å²) < 4.78 is 0. The number of carbonyl (C=O) groups excluding carboxylic acids is 1. The second-order valence-electron chi connectivity index (χ2n) is 5.57. The highest BCUT2D eigenvalue weighted by Crippen LogP contribution is 2.28. The molecule has 0 aromatic heterocycles. The maximum absolute atomic E-state index is 12.6. The van der Waals surface area contributed by atoms with E-state index in [1.54, 1.807) is 24.3 Å². The summed E-state index contributed by atoms with van der Waals surface area (Å²) in [5, 5.41) is 14.2. The normalized spacial score (nSPS) is 12.0. The summed E-state index contributed by atoms with van der Waals surface area (Å²) in [5.74, 6) is -0.510. The fourth-order valence-electron chi connectivity index (χ4n) is 2.43. The lowest BCUT2D eigenvalue weighted by Gasteiger charge is -2.21. The van der Waals surface area contributed by atoms with Crippen molar-refractivity contribution in [2.75, 3.05) is 5.32 Å². The van der Waals surface area contributed by atoms with E-state index in [0.29, 0.717) is 10.7 Å². The summed E-state index contributed by atoms with van der Waals surface area (Å²) in [6.45, 7) is 3.90. The van der Waals surface area contributed by atoms with Crippen LogP contribution in [0.1, 0.15) is 25.3 Å². The number of anilines is 1. The number of nitrogens with zero attached hydrogens (tertiary/aromatic N) is 1. The molecule has 0 radical (unpaired) electrons. The van der Waals surface area contributed by atoms with Gasteiger partial charge in [0.05, 0.1) is 10.8 Å². The first-order valence-corrected chi connectivity index (χ1v) is 7.57. The van der Waals surface area contributed by atoms with Crippen molar-refractivity contribution < 1.29 is 9.72 Å². The summed E-state index contributed by atoms with van der Waals surface area (Å²) in [5.41, 5.74) is 1.20. The Labute approximate surface area is 139 Å². The van der Waals surface area contributed by atoms with Gasteiger partial charge in [0.15, 0.2) is 0 Å². The zero-order valence-corrected chi connectivity index (χ0v) is 13.6. The molecule has 0 spiro atoms. The number of halogens is 1. The van der Waals surface area contributed by atoms with Crippen molar-refractivity contribution in [3.63, 3.8) is 0 Å². The van der Waals surface area contributed by atoms with Crippen molar-refractivity contribution in [1.29, 1.82) is 0 Å². The molecule has 120 valence electrons. The van der Waals surface area contributed by atoms with Crippen molar-refractivity contribution in [3.05, 3.63) is 69.2 Å². The molecule has 1 amide bonds. The van der Waals surface area contributed by atoms with Crippen molar-refractivity contribution in [3.8, 4) is 0 Å². The molecule has 0 heterocycles. The van der Waals surface area contributed by atoms with Crippen molar-refractivity contribution in [2.24, 2.45) is 5.92 Å². The summed E-state index contributed by atoms with van der Waals surface area (Å²) in [6.07, 6.45) is 0. The number of nitro groups is 1. The van der Waals surface area contributed by atoms with Crippen LogP contribution in [0.15, 0.2) is 48.5 Å². The van der Waals surface area contributed by atoms with Gasteiger partial charge in [0.25, 0.3) is 5.69 Å². The first kappa shape index (κ1) is 17.0. The average molecular weight is 333 g/mol. The largest absolute Gasteiger partial charge is 0.325 e. The Morgan fingerprint density at radius 2 is 1.83 bits per heavy atom. The van der Waals surface area contributed by atoms with E-state index in [9.17, 15) is 14.9 Å². The predicted octanol–water partition coefficient (Wildman–Crippen LogP) is 4.63. The summed E-state index contributed by atoms with van der Waals surface area (Å²) >= 11 is 5.89. The predicted molar refractivity (Wildman–Crippen MR) is 90.8 cm³/mol. The zero-order chi connectivity index (χ0) is 17.0. The number of rotatable bonds is 5. The van der Waals surface area contributed by atoms with Crippen LogP contribution in [0.4, 0.5) is 11.4 Å². The van der Waals surface area contributed by atoms with E-state index < -0.39 is 4.92 Å². The summed E-state index contributed by atoms with van der Waals surface area (Å²) in [6, 6.07) is 13.0. The fraction of sp³-hybridized carbons (Fsp3) is 0.235. The minimum atomic E-state index is -0.491. The number of amides is 1. The molecule has 0 saturated carbocycles. The SMILES string of the molecule is CC(C)[C@@H](C(=O)Nc1cccc([N+](=O)[O-])c1)c1ccc(Cl)cc1. The van der Waals surface area contributed by atoms with Gasteiger partial charge in [-0.2, -0.15) is 0 Å². The van der Waals surface area contributed by atoms with Gasteiger partial charge in [-0.25, -0.2) is 0 Å². The first-order valence-electron chi connectivity index (χ1n) is 7.19. The van der Waals surface area contributed by atoms with E-state index in [0.717, 1.165) is 5.56 Å². The van der Waals surface area contributed by atoms with E-state index in [-0.39, 0.29) is 23.4 Å². The number of benzene rings is 2. The van der Waals surface area contributed by atoms with E-state index in [1.807, 2.05) is 26.0 Å². The fourth-order valence-corrected chi connectivity index (χ4v) is 2.55. The maximum atomic E-state index is 12.6. The molecule has 0 aliphatic rings. The van der Waals surface area contributed by atoms with E-state index in [4.69, 9.17) is 11.6 Å². The summed E-state index contributed by atoms with van der Waals surface area (Å²) in [7, 11) is 0. The molecule has 0 unspecified atom stereocenters. The highest BCUT2D eigenvalue weighted by molar-refractivity contribution is 6.30. The number of non-ortho nitro benzene ring substituents is 1. The highest BCUT2D eigenvalue weighted by atomic mass is 35.5. The van der Waals surface area contributed by atoms with Gasteiger partial charge in [0, 0.05) is 22.8 Å². The topological polar surface area (TPSA) is 72.2 Å². The van der Waals surface area contributed by atoms with Crippen LogP contribution in [0.2, 0.25) is 5.02 Å². The van der Waals surface area contributed by atoms with Gasteiger partial charge in [0.1, 0.15) is 0 Å². The highest BCUT2D eigenvalue weighted by Gasteiger charge is 2.24. The third-order valence-corrected chi connectivity index (χ3v) is 3.75. The van der Waals surface area contributed by atoms with Gasteiger partial charge in [-0.3, -0.25) is 14.9 Å². The summed E-state index contributed by atoms with van der Waals surface area (Å²) in [4.78, 5) is 22.9. The Bertz CT molecular complexity index is 714. The first-order chi connectivity index (χ1) is 10.9. The van der Waals surface area contributed by atoms with Gasteiger partial charge in [-0.05, 0) is 29.7 Å². The monoisotopic (exact) mass is 332 g/mol. The molecule has 1 N–H and O–H groups in total. The third kappa shape index (κ3) is 4.29. The van der Waals surface area contributed by atoms with Gasteiger partial charge >= 0.3 is 0 Å². The minimum Gasteiger partial charge on any atom is -0.325 e. The molecule has 6 heteroatoms. The van der Waals surface area contributed by atoms with Gasteiger partial charge < -0.3 is 5.32 Å². The van der Waals surface area contributed by atoms with Crippen LogP contribution in [-0.4, -0.2) is 10.8 Å². The Morgan fingerprint density at radius 1 is 1.17 bits per heavy atom. The molecule has 0 saturated heterocycles. The number of carbonyl (C=O) groups is 1. The molecule has 0 fully saturated rings. The van der Waals surface area contributed by atoms with Crippen molar-refractivity contribution in [2.45, 2.75) is 19.8 Å². The lowest BCUT2D eigenvalue weighted by atomic mass is 9.87. The molecule has 0 aliphatic carbocycles. The molecule has 2 aromatic carbocycles. The van der Waals surface area contributed by atoms with Gasteiger partial charge in [-0.15, -0.1) is 0 Å². The average Bonchev–Trinajstić information content (AvgIpc) is 2.49. The third-order valence-electron chi connectivity index (χ3n) is 3.50. The van der Waals surface area contributed by atoms with Crippen LogP contribution in [0.25, 0.3) is 0 Å². The number of nitro benzene ring substituents is 1. The Balaban J connectivity index is 2.23. The molecular formula is C17H17ClN2O3. The van der Waals surface area contributed by atoms with Crippen LogP contribution in [0.5, 0.6) is 0 Å². The molecule has 2 rings (SSSR count). The van der Waals surface area contributed by atoms with Crippen LogP contribution >= 0.6 is 11.6 Å². The lowest BCUT2D eigenvalue weighted by molar-refractivity contribution is -0.384. The van der Waals surface area contributed by atoms with Crippen LogP contribution in [0, 0.1) is 16.0 Å². The standard InChI is InChI=1S/C17H17ClN2O3/c1-11(2)16(12-6-8-13(18)9-7-12)17(21)19-14-4-3-5-15(10-14)20(22)23/h3-11,16H,1-2H3,(H,19,21)/t16-/m1/s1. The number of hydrogen-bond donors (Lipinski definition) is 1. The zero-order valence-electron chi connectivity index (χ0n) is 12.8. The van der Waals surface area contributed by atoms with Crippen LogP contribution in [-0.2, 0) is 4.79 Å². The maximum Gasteiger partial charge on any atom is 0.271 e. The van der Waals surface area contributed by atoms with E-state index in [2.05, 4.69) is 5.32 Å². The molecule has 2 aromatic rings. The minimum absolute atomic E-state index is 0.0598. The smallest absolute Gasteiger partial charge is 0.271 e. The Kier molecular flexibility index (Phi) is 5.34. The number of hydrogen-bond acceptors (Lipinski definition) is 3. The van der Waals surface area contributed by atoms with Crippen molar-refractivity contribution >= 4 is 28.9 Å². The molecule has 0 aliphatic heterocycles. The number of nitrogens with one attached hydrogen (secondary N) is 1. The molecule has 5 nitrogen and oxygen atoms in total. The molecule has 1 atom stereocenters. The van der Waals surface area contributed by atoms with Crippen LogP contribution in [0.3, 0.4) is 0 Å². The lowest BCUT2D eigenvalue weighted by Crippen LogP contribution is -2.25. The second-order valence-corrected chi connectivity index (χ2v) is 6.01. The van der Waals surface area contributed by atoms with Crippen LogP contribution < -0.4 is 5.32 Å².